The van der Waals surface area contributed by atoms with Crippen LogP contribution in [-0.2, 0) is 4.79 Å². The van der Waals surface area contributed by atoms with Gasteiger partial charge in [0.2, 0.25) is 5.91 Å². The van der Waals surface area contributed by atoms with Gasteiger partial charge >= 0.3 is 0 Å². The Balaban J connectivity index is 1.80. The number of anilines is 2. The molecule has 2 N–H and O–H groups in total. The van der Waals surface area contributed by atoms with Crippen molar-refractivity contribution in [3.63, 3.8) is 0 Å². The molecule has 3 rings (SSSR count). The summed E-state index contributed by atoms with van der Waals surface area (Å²) < 4.78 is 0. The number of carbonyl (C=O) groups excluding carboxylic acids is 2. The normalized spacial score (nSPS) is 16.3. The Kier molecular flexibility index (Phi) is 4.90. The van der Waals surface area contributed by atoms with Gasteiger partial charge in [0.1, 0.15) is 6.04 Å². The molecule has 1 aliphatic rings. The third-order valence-electron chi connectivity index (χ3n) is 4.57. The number of aryl methyl sites for hydroxylation is 1. The number of nitrogens with zero attached hydrogens (tertiary/aromatic N) is 2. The number of nitrogens with one attached hydrogen (secondary N) is 2. The molecule has 1 fully saturated rings. The monoisotopic (exact) mass is 348 g/mol. The number of hydrogen-bond donors (Lipinski definition) is 2. The van der Waals surface area contributed by atoms with Gasteiger partial charge in [-0.2, -0.15) is 5.26 Å². The fraction of sp³-hybridized carbons (Fsp3) is 0.250. The van der Waals surface area contributed by atoms with Crippen LogP contribution in [0.4, 0.5) is 11.4 Å². The van der Waals surface area contributed by atoms with Crippen molar-refractivity contribution in [2.24, 2.45) is 0 Å². The molecule has 1 aliphatic heterocycles. The number of hydrogen-bond acceptors (Lipinski definition) is 4. The SMILES string of the molecule is CNC(=O)c1c(C)cccc1N[C@H]1CCN(c2ccc(C#N)cc2)C1=O. The number of amides is 2. The Morgan fingerprint density at radius 2 is 1.96 bits per heavy atom. The highest BCUT2D eigenvalue weighted by Gasteiger charge is 2.33. The molecule has 1 heterocycles. The van der Waals surface area contributed by atoms with Crippen molar-refractivity contribution < 1.29 is 9.59 Å². The third kappa shape index (κ3) is 3.24. The second-order valence-corrected chi connectivity index (χ2v) is 6.21. The van der Waals surface area contributed by atoms with Crippen molar-refractivity contribution in [2.45, 2.75) is 19.4 Å². The second kappa shape index (κ2) is 7.28. The molecule has 2 aromatic rings. The van der Waals surface area contributed by atoms with Crippen molar-refractivity contribution in [3.8, 4) is 6.07 Å². The van der Waals surface area contributed by atoms with E-state index in [0.717, 1.165) is 11.3 Å². The van der Waals surface area contributed by atoms with E-state index in [-0.39, 0.29) is 11.8 Å². The molecule has 6 heteroatoms. The lowest BCUT2D eigenvalue weighted by atomic mass is 10.0. The zero-order chi connectivity index (χ0) is 18.7. The first-order chi connectivity index (χ1) is 12.5. The number of nitriles is 1. The standard InChI is InChI=1S/C20H20N4O2/c1-13-4-3-5-16(18(13)19(25)22-2)23-17-10-11-24(20(17)26)15-8-6-14(12-21)7-9-15/h3-9,17,23H,10-11H2,1-2H3,(H,22,25)/t17-/m0/s1. The smallest absolute Gasteiger partial charge is 0.253 e. The Morgan fingerprint density at radius 3 is 2.62 bits per heavy atom. The van der Waals surface area contributed by atoms with Crippen molar-refractivity contribution >= 4 is 23.2 Å². The summed E-state index contributed by atoms with van der Waals surface area (Å²) in [6, 6.07) is 14.2. The molecule has 1 atom stereocenters. The molecule has 0 radical (unpaired) electrons. The first-order valence-electron chi connectivity index (χ1n) is 8.45. The summed E-state index contributed by atoms with van der Waals surface area (Å²) in [6.07, 6.45) is 0.639. The van der Waals surface area contributed by atoms with E-state index in [0.29, 0.717) is 29.8 Å². The Hall–Kier alpha value is -3.33. The molecule has 26 heavy (non-hydrogen) atoms. The molecular formula is C20H20N4O2. The van der Waals surface area contributed by atoms with E-state index in [9.17, 15) is 9.59 Å². The molecule has 0 bridgehead atoms. The van der Waals surface area contributed by atoms with Crippen molar-refractivity contribution in [3.05, 3.63) is 59.2 Å². The highest BCUT2D eigenvalue weighted by Crippen LogP contribution is 2.26. The van der Waals surface area contributed by atoms with Crippen LogP contribution >= 0.6 is 0 Å². The predicted octanol–water partition coefficient (Wildman–Crippen LogP) is 2.44. The molecule has 0 spiro atoms. The van der Waals surface area contributed by atoms with Gasteiger partial charge in [0, 0.05) is 25.0 Å². The van der Waals surface area contributed by atoms with Crippen LogP contribution in [0.3, 0.4) is 0 Å². The minimum Gasteiger partial charge on any atom is -0.373 e. The van der Waals surface area contributed by atoms with E-state index in [1.807, 2.05) is 25.1 Å². The average molecular weight is 348 g/mol. The summed E-state index contributed by atoms with van der Waals surface area (Å²) in [6.45, 7) is 2.46. The van der Waals surface area contributed by atoms with Crippen LogP contribution in [0.25, 0.3) is 0 Å². The van der Waals surface area contributed by atoms with Crippen LogP contribution in [0.5, 0.6) is 0 Å². The van der Waals surface area contributed by atoms with Gasteiger partial charge in [0.25, 0.3) is 5.91 Å². The maximum absolute atomic E-state index is 12.8. The molecule has 0 aromatic heterocycles. The second-order valence-electron chi connectivity index (χ2n) is 6.21. The molecule has 0 unspecified atom stereocenters. The zero-order valence-corrected chi connectivity index (χ0v) is 14.7. The highest BCUT2D eigenvalue weighted by atomic mass is 16.2. The fourth-order valence-electron chi connectivity index (χ4n) is 3.19. The lowest BCUT2D eigenvalue weighted by molar-refractivity contribution is -0.117. The summed E-state index contributed by atoms with van der Waals surface area (Å²) >= 11 is 0. The molecule has 0 saturated carbocycles. The largest absolute Gasteiger partial charge is 0.373 e. The lowest BCUT2D eigenvalue weighted by Gasteiger charge is -2.19. The van der Waals surface area contributed by atoms with Gasteiger partial charge in [0.05, 0.1) is 17.2 Å². The quantitative estimate of drug-likeness (QED) is 0.889. The molecule has 2 amide bonds. The molecule has 132 valence electrons. The number of rotatable bonds is 4. The minimum atomic E-state index is -0.393. The number of benzene rings is 2. The van der Waals surface area contributed by atoms with Gasteiger partial charge in [-0.05, 0) is 49.2 Å². The highest BCUT2D eigenvalue weighted by molar-refractivity contribution is 6.04. The minimum absolute atomic E-state index is 0.0425. The Morgan fingerprint density at radius 1 is 1.23 bits per heavy atom. The van der Waals surface area contributed by atoms with E-state index in [2.05, 4.69) is 16.7 Å². The Bertz CT molecular complexity index is 884. The van der Waals surface area contributed by atoms with E-state index in [1.165, 1.54) is 0 Å². The summed E-state index contributed by atoms with van der Waals surface area (Å²) in [5, 5.41) is 14.8. The van der Waals surface area contributed by atoms with Gasteiger partial charge in [-0.25, -0.2) is 0 Å². The first-order valence-corrected chi connectivity index (χ1v) is 8.45. The third-order valence-corrected chi connectivity index (χ3v) is 4.57. The predicted molar refractivity (Wildman–Crippen MR) is 100 cm³/mol. The summed E-state index contributed by atoms with van der Waals surface area (Å²) in [4.78, 5) is 26.7. The van der Waals surface area contributed by atoms with E-state index in [1.54, 1.807) is 36.2 Å². The lowest BCUT2D eigenvalue weighted by Crippen LogP contribution is -2.34. The van der Waals surface area contributed by atoms with Gasteiger partial charge in [-0.3, -0.25) is 9.59 Å². The Labute approximate surface area is 152 Å². The van der Waals surface area contributed by atoms with E-state index >= 15 is 0 Å². The first kappa shape index (κ1) is 17.5. The summed E-state index contributed by atoms with van der Waals surface area (Å²) in [5.74, 6) is -0.223. The molecule has 6 nitrogen and oxygen atoms in total. The average Bonchev–Trinajstić information content (AvgIpc) is 3.02. The van der Waals surface area contributed by atoms with Gasteiger partial charge < -0.3 is 15.5 Å². The summed E-state index contributed by atoms with van der Waals surface area (Å²) in [5.41, 5.74) is 3.40. The maximum atomic E-state index is 12.8. The van der Waals surface area contributed by atoms with Crippen LogP contribution in [0, 0.1) is 18.3 Å². The van der Waals surface area contributed by atoms with Crippen molar-refractivity contribution in [2.75, 3.05) is 23.8 Å². The maximum Gasteiger partial charge on any atom is 0.253 e. The number of carbonyl (C=O) groups is 2. The molecule has 2 aromatic carbocycles. The van der Waals surface area contributed by atoms with Gasteiger partial charge in [-0.15, -0.1) is 0 Å². The van der Waals surface area contributed by atoms with Crippen LogP contribution in [-0.4, -0.2) is 31.4 Å². The summed E-state index contributed by atoms with van der Waals surface area (Å²) in [7, 11) is 1.59. The van der Waals surface area contributed by atoms with Gasteiger partial charge in [0.15, 0.2) is 0 Å². The van der Waals surface area contributed by atoms with Crippen LogP contribution in [0.1, 0.15) is 27.9 Å². The van der Waals surface area contributed by atoms with Crippen molar-refractivity contribution in [1.29, 1.82) is 5.26 Å². The van der Waals surface area contributed by atoms with Gasteiger partial charge in [-0.1, -0.05) is 12.1 Å². The zero-order valence-electron chi connectivity index (χ0n) is 14.7. The topological polar surface area (TPSA) is 85.2 Å². The molecule has 0 aliphatic carbocycles. The molecule has 1 saturated heterocycles. The van der Waals surface area contributed by atoms with Crippen LogP contribution < -0.4 is 15.5 Å². The van der Waals surface area contributed by atoms with Crippen LogP contribution in [0.2, 0.25) is 0 Å². The van der Waals surface area contributed by atoms with E-state index < -0.39 is 6.04 Å². The van der Waals surface area contributed by atoms with Crippen molar-refractivity contribution in [1.82, 2.24) is 5.32 Å². The van der Waals surface area contributed by atoms with Crippen LogP contribution in [0.15, 0.2) is 42.5 Å². The fourth-order valence-corrected chi connectivity index (χ4v) is 3.19. The van der Waals surface area contributed by atoms with E-state index in [4.69, 9.17) is 5.26 Å². The molecular weight excluding hydrogens is 328 g/mol.